The number of hydrogen-bond donors (Lipinski definition) is 3. The van der Waals surface area contributed by atoms with Gasteiger partial charge in [0.1, 0.15) is 5.54 Å². The molecule has 1 fully saturated rings. The van der Waals surface area contributed by atoms with E-state index in [0.717, 1.165) is 25.7 Å². The molecule has 20 heavy (non-hydrogen) atoms. The predicted octanol–water partition coefficient (Wildman–Crippen LogP) is 2.28. The summed E-state index contributed by atoms with van der Waals surface area (Å²) in [6.07, 6.45) is -1.79. The lowest BCUT2D eigenvalue weighted by Crippen LogP contribution is -2.57. The van der Waals surface area contributed by atoms with E-state index in [1.54, 1.807) is 0 Å². The molecule has 116 valence electrons. The van der Waals surface area contributed by atoms with Crippen molar-refractivity contribution in [3.05, 3.63) is 0 Å². The molecule has 0 aliphatic heterocycles. The number of nitrogens with two attached hydrogens (primary N) is 1. The molecule has 4 N–H and O–H groups in total. The van der Waals surface area contributed by atoms with E-state index in [9.17, 15) is 18.0 Å². The van der Waals surface area contributed by atoms with Crippen LogP contribution in [0.25, 0.3) is 0 Å². The summed E-state index contributed by atoms with van der Waals surface area (Å²) in [4.78, 5) is 11.7. The quantitative estimate of drug-likeness (QED) is 0.244. The number of oxime groups is 1. The van der Waals surface area contributed by atoms with Gasteiger partial charge in [0.05, 0.1) is 6.42 Å². The SMILES string of the molecule is NC(=NO)C1(NC(=O)CCC(F)(F)F)CCCCCC1. The van der Waals surface area contributed by atoms with Gasteiger partial charge < -0.3 is 16.3 Å². The van der Waals surface area contributed by atoms with Crippen LogP contribution >= 0.6 is 0 Å². The second-order valence-electron chi connectivity index (χ2n) is 5.14. The molecule has 0 unspecified atom stereocenters. The summed E-state index contributed by atoms with van der Waals surface area (Å²) in [7, 11) is 0. The summed E-state index contributed by atoms with van der Waals surface area (Å²) >= 11 is 0. The molecule has 0 aromatic carbocycles. The Balaban J connectivity index is 2.72. The maximum Gasteiger partial charge on any atom is 0.389 e. The number of amides is 1. The second-order valence-corrected chi connectivity index (χ2v) is 5.14. The van der Waals surface area contributed by atoms with Gasteiger partial charge in [-0.3, -0.25) is 4.79 Å². The Morgan fingerprint density at radius 3 is 2.25 bits per heavy atom. The predicted molar refractivity (Wildman–Crippen MR) is 67.3 cm³/mol. The third-order valence-electron chi connectivity index (χ3n) is 3.57. The minimum absolute atomic E-state index is 0.139. The van der Waals surface area contributed by atoms with Crippen molar-refractivity contribution in [2.24, 2.45) is 10.9 Å². The van der Waals surface area contributed by atoms with Gasteiger partial charge in [0.25, 0.3) is 0 Å². The van der Waals surface area contributed by atoms with Crippen LogP contribution in [0.15, 0.2) is 5.16 Å². The Morgan fingerprint density at radius 2 is 1.80 bits per heavy atom. The summed E-state index contributed by atoms with van der Waals surface area (Å²) in [5.41, 5.74) is 4.63. The zero-order chi connectivity index (χ0) is 15.2. The van der Waals surface area contributed by atoms with Crippen LogP contribution in [0.1, 0.15) is 51.4 Å². The van der Waals surface area contributed by atoms with Crippen LogP contribution in [-0.2, 0) is 4.79 Å². The minimum Gasteiger partial charge on any atom is -0.409 e. The summed E-state index contributed by atoms with van der Waals surface area (Å²) in [6.45, 7) is 0. The monoisotopic (exact) mass is 295 g/mol. The van der Waals surface area contributed by atoms with E-state index in [1.165, 1.54) is 0 Å². The fourth-order valence-electron chi connectivity index (χ4n) is 2.46. The van der Waals surface area contributed by atoms with Crippen molar-refractivity contribution >= 4 is 11.7 Å². The van der Waals surface area contributed by atoms with Gasteiger partial charge in [0.15, 0.2) is 5.84 Å². The van der Waals surface area contributed by atoms with Crippen molar-refractivity contribution in [3.63, 3.8) is 0 Å². The van der Waals surface area contributed by atoms with Crippen molar-refractivity contribution in [1.82, 2.24) is 5.32 Å². The van der Waals surface area contributed by atoms with E-state index < -0.39 is 30.5 Å². The summed E-state index contributed by atoms with van der Waals surface area (Å²) in [5, 5.41) is 14.3. The number of hydrogen-bond acceptors (Lipinski definition) is 3. The number of alkyl halides is 3. The molecule has 1 rings (SSSR count). The highest BCUT2D eigenvalue weighted by atomic mass is 19.4. The Labute approximate surface area is 115 Å². The van der Waals surface area contributed by atoms with Crippen LogP contribution in [0.5, 0.6) is 0 Å². The summed E-state index contributed by atoms with van der Waals surface area (Å²) < 4.78 is 36.3. The first-order chi connectivity index (χ1) is 9.29. The van der Waals surface area contributed by atoms with E-state index in [0.29, 0.717) is 12.8 Å². The van der Waals surface area contributed by atoms with Crippen LogP contribution in [0, 0.1) is 0 Å². The smallest absolute Gasteiger partial charge is 0.389 e. The molecule has 1 amide bonds. The van der Waals surface area contributed by atoms with Crippen LogP contribution in [0.3, 0.4) is 0 Å². The molecule has 1 aliphatic carbocycles. The molecule has 0 atom stereocenters. The number of rotatable bonds is 4. The van der Waals surface area contributed by atoms with Crippen molar-refractivity contribution in [2.75, 3.05) is 0 Å². The van der Waals surface area contributed by atoms with Gasteiger partial charge >= 0.3 is 6.18 Å². The molecule has 8 heteroatoms. The van der Waals surface area contributed by atoms with E-state index in [4.69, 9.17) is 10.9 Å². The molecule has 5 nitrogen and oxygen atoms in total. The second kappa shape index (κ2) is 6.81. The molecule has 0 aromatic rings. The third kappa shape index (κ3) is 4.90. The van der Waals surface area contributed by atoms with E-state index >= 15 is 0 Å². The first-order valence-electron chi connectivity index (χ1n) is 6.65. The molecule has 0 heterocycles. The lowest BCUT2D eigenvalue weighted by molar-refractivity contribution is -0.144. The summed E-state index contributed by atoms with van der Waals surface area (Å²) in [5.74, 6) is -0.865. The van der Waals surface area contributed by atoms with Gasteiger partial charge in [-0.05, 0) is 12.8 Å². The van der Waals surface area contributed by atoms with Gasteiger partial charge in [-0.2, -0.15) is 13.2 Å². The lowest BCUT2D eigenvalue weighted by atomic mass is 9.88. The van der Waals surface area contributed by atoms with Gasteiger partial charge in [-0.15, -0.1) is 0 Å². The van der Waals surface area contributed by atoms with Gasteiger partial charge in [0, 0.05) is 6.42 Å². The van der Waals surface area contributed by atoms with E-state index in [-0.39, 0.29) is 5.84 Å². The molecule has 1 aliphatic rings. The Hall–Kier alpha value is -1.47. The number of nitrogens with zero attached hydrogens (tertiary/aromatic N) is 1. The zero-order valence-electron chi connectivity index (χ0n) is 11.2. The van der Waals surface area contributed by atoms with Crippen molar-refractivity contribution < 1.29 is 23.2 Å². The van der Waals surface area contributed by atoms with Gasteiger partial charge in [-0.25, -0.2) is 0 Å². The molecule has 0 saturated heterocycles. The number of nitrogens with one attached hydrogen (secondary N) is 1. The highest BCUT2D eigenvalue weighted by Gasteiger charge is 2.38. The molecule has 0 bridgehead atoms. The normalized spacial score (nSPS) is 20.2. The number of carbonyl (C=O) groups excluding carboxylic acids is 1. The highest BCUT2D eigenvalue weighted by molar-refractivity contribution is 5.93. The van der Waals surface area contributed by atoms with Gasteiger partial charge in [-0.1, -0.05) is 30.8 Å². The van der Waals surface area contributed by atoms with E-state index in [2.05, 4.69) is 10.5 Å². The average molecular weight is 295 g/mol. The minimum atomic E-state index is -4.37. The Morgan fingerprint density at radius 1 is 1.25 bits per heavy atom. The summed E-state index contributed by atoms with van der Waals surface area (Å²) in [6, 6.07) is 0. The molecular formula is C12H20F3N3O2. The maximum atomic E-state index is 12.1. The van der Waals surface area contributed by atoms with Crippen molar-refractivity contribution in [3.8, 4) is 0 Å². The standard InChI is InChI=1S/C12H20F3N3O2/c13-12(14,15)8-5-9(19)17-11(10(16)18-20)6-3-1-2-4-7-11/h20H,1-8H2,(H2,16,18)(H,17,19). The maximum absolute atomic E-state index is 12.1. The van der Waals surface area contributed by atoms with Crippen LogP contribution < -0.4 is 11.1 Å². The fraction of sp³-hybridized carbons (Fsp3) is 0.833. The van der Waals surface area contributed by atoms with Crippen LogP contribution in [-0.4, -0.2) is 28.7 Å². The number of halogens is 3. The number of carbonyl (C=O) groups is 1. The third-order valence-corrected chi connectivity index (χ3v) is 3.57. The molecule has 0 spiro atoms. The molecule has 0 aromatic heterocycles. The van der Waals surface area contributed by atoms with E-state index in [1.807, 2.05) is 0 Å². The van der Waals surface area contributed by atoms with Gasteiger partial charge in [0.2, 0.25) is 5.91 Å². The molecular weight excluding hydrogens is 275 g/mol. The topological polar surface area (TPSA) is 87.7 Å². The average Bonchev–Trinajstić information content (AvgIpc) is 2.61. The lowest BCUT2D eigenvalue weighted by Gasteiger charge is -2.32. The highest BCUT2D eigenvalue weighted by Crippen LogP contribution is 2.28. The Bertz CT molecular complexity index is 361. The van der Waals surface area contributed by atoms with Crippen LogP contribution in [0.4, 0.5) is 13.2 Å². The Kier molecular flexibility index (Phi) is 5.64. The first-order valence-corrected chi connectivity index (χ1v) is 6.65. The van der Waals surface area contributed by atoms with Crippen molar-refractivity contribution in [1.29, 1.82) is 0 Å². The number of amidine groups is 1. The largest absolute Gasteiger partial charge is 0.409 e. The first kappa shape index (κ1) is 16.6. The fourth-order valence-corrected chi connectivity index (χ4v) is 2.46. The van der Waals surface area contributed by atoms with Crippen LogP contribution in [0.2, 0.25) is 0 Å². The zero-order valence-corrected chi connectivity index (χ0v) is 11.2. The van der Waals surface area contributed by atoms with Crippen molar-refractivity contribution in [2.45, 2.75) is 63.1 Å². The molecule has 1 saturated carbocycles. The molecule has 0 radical (unpaired) electrons.